The van der Waals surface area contributed by atoms with E-state index in [1.54, 1.807) is 6.07 Å². The van der Waals surface area contributed by atoms with Gasteiger partial charge in [0.25, 0.3) is 0 Å². The van der Waals surface area contributed by atoms with Gasteiger partial charge in [0.1, 0.15) is 5.82 Å². The predicted molar refractivity (Wildman–Crippen MR) is 78.2 cm³/mol. The molecule has 0 amide bonds. The summed E-state index contributed by atoms with van der Waals surface area (Å²) in [5, 5.41) is 15.3. The molecule has 1 unspecified atom stereocenters. The van der Waals surface area contributed by atoms with E-state index in [4.69, 9.17) is 10.9 Å². The minimum Gasteiger partial charge on any atom is -0.409 e. The van der Waals surface area contributed by atoms with Gasteiger partial charge >= 0.3 is 0 Å². The summed E-state index contributed by atoms with van der Waals surface area (Å²) in [5.74, 6) is -0.477. The molecule has 0 aliphatic carbocycles. The van der Waals surface area contributed by atoms with Gasteiger partial charge in [0.15, 0.2) is 5.84 Å². The highest BCUT2D eigenvalue weighted by Gasteiger charge is 2.05. The van der Waals surface area contributed by atoms with Crippen molar-refractivity contribution in [2.45, 2.75) is 25.1 Å². The fourth-order valence-electron chi connectivity index (χ4n) is 1.61. The maximum atomic E-state index is 13.4. The standard InChI is InChI=1S/C13H20FN3OS/c1-9(19-2)3-4-16-8-10-5-11(13(15)17-18)7-12(14)6-10/h5-7,9,16,18H,3-4,8H2,1-2H3,(H2,15,17). The van der Waals surface area contributed by atoms with Crippen LogP contribution < -0.4 is 11.1 Å². The molecule has 0 saturated carbocycles. The predicted octanol–water partition coefficient (Wildman–Crippen LogP) is 2.15. The molecular weight excluding hydrogens is 265 g/mol. The molecule has 0 aliphatic heterocycles. The summed E-state index contributed by atoms with van der Waals surface area (Å²) in [7, 11) is 0. The fraction of sp³-hybridized carbons (Fsp3) is 0.462. The Balaban J connectivity index is 2.56. The SMILES string of the molecule is CSC(C)CCNCc1cc(F)cc(/C(N)=N/O)c1. The summed E-state index contributed by atoms with van der Waals surface area (Å²) < 4.78 is 13.4. The summed E-state index contributed by atoms with van der Waals surface area (Å²) >= 11 is 1.82. The number of nitrogens with two attached hydrogens (primary N) is 1. The fourth-order valence-corrected chi connectivity index (χ4v) is 1.97. The first kappa shape index (κ1) is 15.8. The Labute approximate surface area is 117 Å². The number of oxime groups is 1. The van der Waals surface area contributed by atoms with Crippen molar-refractivity contribution in [2.75, 3.05) is 12.8 Å². The van der Waals surface area contributed by atoms with E-state index in [9.17, 15) is 4.39 Å². The van der Waals surface area contributed by atoms with Gasteiger partial charge < -0.3 is 16.3 Å². The molecule has 0 aromatic heterocycles. The lowest BCUT2D eigenvalue weighted by Crippen LogP contribution is -2.19. The van der Waals surface area contributed by atoms with E-state index in [0.29, 0.717) is 17.4 Å². The number of nitrogens with zero attached hydrogens (tertiary/aromatic N) is 1. The van der Waals surface area contributed by atoms with Crippen molar-refractivity contribution in [3.05, 3.63) is 35.1 Å². The molecule has 19 heavy (non-hydrogen) atoms. The highest BCUT2D eigenvalue weighted by molar-refractivity contribution is 7.99. The van der Waals surface area contributed by atoms with Gasteiger partial charge in [-0.15, -0.1) is 0 Å². The summed E-state index contributed by atoms with van der Waals surface area (Å²) in [6.45, 7) is 3.60. The molecular formula is C13H20FN3OS. The molecule has 0 spiro atoms. The molecule has 1 rings (SSSR count). The molecule has 6 heteroatoms. The van der Waals surface area contributed by atoms with E-state index in [-0.39, 0.29) is 5.84 Å². The van der Waals surface area contributed by atoms with E-state index in [1.807, 2.05) is 11.8 Å². The van der Waals surface area contributed by atoms with Crippen LogP contribution in [0.15, 0.2) is 23.4 Å². The van der Waals surface area contributed by atoms with Gasteiger partial charge in [-0.1, -0.05) is 12.1 Å². The maximum absolute atomic E-state index is 13.4. The van der Waals surface area contributed by atoms with Crippen molar-refractivity contribution in [2.24, 2.45) is 10.9 Å². The molecule has 4 nitrogen and oxygen atoms in total. The Morgan fingerprint density at radius 3 is 2.89 bits per heavy atom. The number of thioether (sulfide) groups is 1. The third kappa shape index (κ3) is 5.48. The van der Waals surface area contributed by atoms with Crippen molar-refractivity contribution in [1.82, 2.24) is 5.32 Å². The molecule has 1 atom stereocenters. The Bertz CT molecular complexity index is 440. The first-order chi connectivity index (χ1) is 9.06. The van der Waals surface area contributed by atoms with E-state index >= 15 is 0 Å². The molecule has 0 aliphatic rings. The minimum absolute atomic E-state index is 0.0863. The molecule has 0 radical (unpaired) electrons. The van der Waals surface area contributed by atoms with Crippen molar-refractivity contribution >= 4 is 17.6 Å². The van der Waals surface area contributed by atoms with Crippen LogP contribution in [0.4, 0.5) is 4.39 Å². The highest BCUT2D eigenvalue weighted by atomic mass is 32.2. The Morgan fingerprint density at radius 2 is 2.26 bits per heavy atom. The Morgan fingerprint density at radius 1 is 1.53 bits per heavy atom. The average Bonchev–Trinajstić information content (AvgIpc) is 2.41. The molecule has 0 bridgehead atoms. The van der Waals surface area contributed by atoms with Gasteiger partial charge in [-0.25, -0.2) is 4.39 Å². The van der Waals surface area contributed by atoms with Gasteiger partial charge in [-0.3, -0.25) is 0 Å². The van der Waals surface area contributed by atoms with Crippen LogP contribution in [0.2, 0.25) is 0 Å². The number of benzene rings is 1. The third-order valence-electron chi connectivity index (χ3n) is 2.82. The van der Waals surface area contributed by atoms with Gasteiger partial charge in [0, 0.05) is 17.4 Å². The second-order valence-electron chi connectivity index (χ2n) is 4.35. The maximum Gasteiger partial charge on any atom is 0.170 e. The normalized spacial score (nSPS) is 13.5. The summed E-state index contributed by atoms with van der Waals surface area (Å²) in [6, 6.07) is 4.40. The lowest BCUT2D eigenvalue weighted by atomic mass is 10.1. The zero-order valence-electron chi connectivity index (χ0n) is 11.2. The average molecular weight is 285 g/mol. The molecule has 0 heterocycles. The highest BCUT2D eigenvalue weighted by Crippen LogP contribution is 2.10. The van der Waals surface area contributed by atoms with E-state index < -0.39 is 5.82 Å². The number of nitrogens with one attached hydrogen (secondary N) is 1. The van der Waals surface area contributed by atoms with Crippen LogP contribution >= 0.6 is 11.8 Å². The second kappa shape index (κ2) is 8.01. The number of halogens is 1. The van der Waals surface area contributed by atoms with Crippen LogP contribution in [-0.2, 0) is 6.54 Å². The second-order valence-corrected chi connectivity index (χ2v) is 5.62. The van der Waals surface area contributed by atoms with Crippen LogP contribution in [0, 0.1) is 5.82 Å². The number of rotatable bonds is 7. The molecule has 1 aromatic rings. The first-order valence-electron chi connectivity index (χ1n) is 6.07. The summed E-state index contributed by atoms with van der Waals surface area (Å²) in [5.41, 5.74) is 6.62. The summed E-state index contributed by atoms with van der Waals surface area (Å²) in [4.78, 5) is 0. The topological polar surface area (TPSA) is 70.6 Å². The lowest BCUT2D eigenvalue weighted by Gasteiger charge is -2.10. The van der Waals surface area contributed by atoms with Crippen molar-refractivity contribution in [3.8, 4) is 0 Å². The van der Waals surface area contributed by atoms with Crippen molar-refractivity contribution in [1.29, 1.82) is 0 Å². The van der Waals surface area contributed by atoms with E-state index in [0.717, 1.165) is 18.5 Å². The molecule has 4 N–H and O–H groups in total. The largest absolute Gasteiger partial charge is 0.409 e. The third-order valence-corrected chi connectivity index (χ3v) is 3.86. The van der Waals surface area contributed by atoms with Crippen molar-refractivity contribution < 1.29 is 9.60 Å². The molecule has 106 valence electrons. The van der Waals surface area contributed by atoms with Crippen LogP contribution in [0.5, 0.6) is 0 Å². The number of hydrogen-bond donors (Lipinski definition) is 3. The lowest BCUT2D eigenvalue weighted by molar-refractivity contribution is 0.318. The van der Waals surface area contributed by atoms with Gasteiger partial charge in [-0.05, 0) is 43.0 Å². The van der Waals surface area contributed by atoms with E-state index in [2.05, 4.69) is 23.7 Å². The first-order valence-corrected chi connectivity index (χ1v) is 7.36. The van der Waals surface area contributed by atoms with Crippen molar-refractivity contribution in [3.63, 3.8) is 0 Å². The molecule has 0 fully saturated rings. The van der Waals surface area contributed by atoms with E-state index in [1.165, 1.54) is 12.1 Å². The number of hydrogen-bond acceptors (Lipinski definition) is 4. The van der Waals surface area contributed by atoms with Crippen LogP contribution in [0.25, 0.3) is 0 Å². The van der Waals surface area contributed by atoms with Crippen LogP contribution in [0.3, 0.4) is 0 Å². The zero-order chi connectivity index (χ0) is 14.3. The quantitative estimate of drug-likeness (QED) is 0.236. The van der Waals surface area contributed by atoms with Crippen LogP contribution in [0.1, 0.15) is 24.5 Å². The zero-order valence-corrected chi connectivity index (χ0v) is 12.0. The monoisotopic (exact) mass is 285 g/mol. The minimum atomic E-state index is -0.390. The molecule has 1 aromatic carbocycles. The Kier molecular flexibility index (Phi) is 6.66. The number of amidine groups is 1. The van der Waals surface area contributed by atoms with Crippen LogP contribution in [-0.4, -0.2) is 29.1 Å². The van der Waals surface area contributed by atoms with Gasteiger partial charge in [0.05, 0.1) is 0 Å². The smallest absolute Gasteiger partial charge is 0.170 e. The Hall–Kier alpha value is -1.27. The molecule has 0 saturated heterocycles. The van der Waals surface area contributed by atoms with Gasteiger partial charge in [-0.2, -0.15) is 11.8 Å². The summed E-state index contributed by atoms with van der Waals surface area (Å²) in [6.07, 6.45) is 3.14. The van der Waals surface area contributed by atoms with Gasteiger partial charge in [0.2, 0.25) is 0 Å².